The normalized spacial score (nSPS) is 27.2. The van der Waals surface area contributed by atoms with Crippen molar-refractivity contribution in [1.29, 1.82) is 0 Å². The van der Waals surface area contributed by atoms with E-state index >= 15 is 24.0 Å². The summed E-state index contributed by atoms with van der Waals surface area (Å²) in [5, 5.41) is 7.98. The molecule has 0 aromatic heterocycles. The number of halogens is 4. The number of nitrogens with zero attached hydrogens (tertiary/aromatic N) is 10. The lowest BCUT2D eigenvalue weighted by Gasteiger charge is -2.45. The molecule has 1 aromatic rings. The fourth-order valence-corrected chi connectivity index (χ4v) is 16.3. The minimum Gasteiger partial charge on any atom is -0.378 e. The average Bonchev–Trinajstić information content (AvgIpc) is 1.50. The van der Waals surface area contributed by atoms with Gasteiger partial charge in [-0.05, 0) is 106 Å². The summed E-state index contributed by atoms with van der Waals surface area (Å²) in [6.07, 6.45) is 1.76. The van der Waals surface area contributed by atoms with Gasteiger partial charge in [0.05, 0.1) is 43.2 Å². The SMILES string of the molecule is CC[C@H](C)[C@@H]1NC(=O)[C@H](CC(C)C)N(C)C(=O)C[C@@H](C(=O)N(C)C)N(C)C(=O)[C@H](C2CCCC2)N(C)C(=O)C2(CCCC2)NC(=O)[C@H](CC(=O)N2CCOCC2)N(C)C(=O)[C@H](CCc2ccc(C(F)(F)F)c(Cl)c2)NC(=O)CN(C)C(=O)[C@H](CC2CCCCC2)N(C)C(=O)[C@@H]2CCN2C(=O)[C@H](C)N(C)C1=O. The van der Waals surface area contributed by atoms with Crippen LogP contribution in [-0.4, -0.2) is 289 Å². The number of rotatable bonds is 13. The average molecular weight is 1520 g/mol. The third-order valence-corrected chi connectivity index (χ3v) is 23.5. The molecule has 3 saturated heterocycles. The van der Waals surface area contributed by atoms with E-state index < -0.39 is 185 Å². The number of morpholine rings is 1. The van der Waals surface area contributed by atoms with E-state index in [1.807, 2.05) is 20.8 Å². The first-order valence-corrected chi connectivity index (χ1v) is 38.2. The van der Waals surface area contributed by atoms with Gasteiger partial charge in [-0.25, -0.2) is 0 Å². The number of hydrogen-bond acceptors (Lipinski definition) is 14. The second-order valence-corrected chi connectivity index (χ2v) is 31.5. The number of alkyl halides is 3. The smallest absolute Gasteiger partial charge is 0.378 e. The quantitative estimate of drug-likeness (QED) is 0.241. The summed E-state index contributed by atoms with van der Waals surface area (Å²) < 4.78 is 47.5. The molecule has 3 aliphatic carbocycles. The van der Waals surface area contributed by atoms with Crippen LogP contribution in [0.3, 0.4) is 0 Å². The Morgan fingerprint density at radius 2 is 1.29 bits per heavy atom. The molecule has 7 rings (SSSR count). The molecule has 10 atom stereocenters. The van der Waals surface area contributed by atoms with Crippen molar-refractivity contribution in [2.75, 3.05) is 103 Å². The number of ether oxygens (including phenoxy) is 1. The third kappa shape index (κ3) is 20.6. The fraction of sp³-hybridized carbons (Fsp3) is 0.747. The maximum absolute atomic E-state index is 15.8. The highest BCUT2D eigenvalue weighted by Crippen LogP contribution is 2.39. The second kappa shape index (κ2) is 37.5. The number of likely N-dealkylation sites (N-methyl/N-ethyl adjacent to an activating group) is 8. The minimum absolute atomic E-state index is 0.0180. The summed E-state index contributed by atoms with van der Waals surface area (Å²) in [7, 11) is 12.6. The summed E-state index contributed by atoms with van der Waals surface area (Å²) in [6, 6.07) is -8.95. The molecule has 31 heteroatoms. The molecular formula is C75H115ClF3N13O14. The lowest BCUT2D eigenvalue weighted by atomic mass is 9.84. The second-order valence-electron chi connectivity index (χ2n) is 31.1. The molecule has 3 aliphatic heterocycles. The summed E-state index contributed by atoms with van der Waals surface area (Å²) in [6.45, 7) is 8.81. The Labute approximate surface area is 627 Å². The van der Waals surface area contributed by atoms with Crippen molar-refractivity contribution in [3.63, 3.8) is 0 Å². The van der Waals surface area contributed by atoms with Crippen molar-refractivity contribution in [2.45, 2.75) is 236 Å². The van der Waals surface area contributed by atoms with E-state index in [0.717, 1.165) is 58.9 Å². The Morgan fingerprint density at radius 3 is 1.86 bits per heavy atom. The number of aryl methyl sites for hydroxylation is 1. The van der Waals surface area contributed by atoms with E-state index in [-0.39, 0.29) is 95.2 Å². The molecule has 1 spiro atoms. The van der Waals surface area contributed by atoms with Gasteiger partial charge in [0.25, 0.3) is 0 Å². The molecule has 13 amide bonds. The van der Waals surface area contributed by atoms with E-state index in [1.165, 1.54) is 111 Å². The summed E-state index contributed by atoms with van der Waals surface area (Å²) in [5.74, 6) is -10.5. The topological polar surface area (TPSA) is 300 Å². The Balaban J connectivity index is 1.34. The van der Waals surface area contributed by atoms with Gasteiger partial charge >= 0.3 is 6.18 Å². The van der Waals surface area contributed by atoms with Crippen LogP contribution in [0.15, 0.2) is 18.2 Å². The molecule has 3 heterocycles. The van der Waals surface area contributed by atoms with Gasteiger partial charge in [-0.15, -0.1) is 0 Å². The van der Waals surface area contributed by atoms with Crippen molar-refractivity contribution in [1.82, 2.24) is 64.9 Å². The van der Waals surface area contributed by atoms with Crippen LogP contribution < -0.4 is 16.0 Å². The number of hydrogen-bond donors (Lipinski definition) is 3. The largest absolute Gasteiger partial charge is 0.417 e. The van der Waals surface area contributed by atoms with Gasteiger partial charge in [-0.1, -0.05) is 110 Å². The van der Waals surface area contributed by atoms with Crippen LogP contribution in [0.2, 0.25) is 5.02 Å². The van der Waals surface area contributed by atoms with Crippen LogP contribution in [0.4, 0.5) is 13.2 Å². The van der Waals surface area contributed by atoms with Crippen LogP contribution in [-0.2, 0) is 79.7 Å². The van der Waals surface area contributed by atoms with Crippen LogP contribution in [0.25, 0.3) is 0 Å². The summed E-state index contributed by atoms with van der Waals surface area (Å²) in [5.41, 5.74) is -2.64. The standard InChI is InChI=1S/C75H115ClF3N13O14/c1-15-46(4)62-71(103)85(9)47(5)66(98)92-34-31-54(92)70(102)88(12)57(41-48-23-17-16-18-24-48)69(101)84(8)44-59(93)80-53(30-28-49-27-29-51(52(76)40-49)75(77,78)79)67(99)87(11)56(42-61(95)91-35-37-106-38-36-91)65(97)82-74(32-21-22-33-74)73(105)90(14)63(50-25-19-20-26-50)72(104)89(13)58(68(100)83(6)7)43-60(94)86(10)55(39-45(2)3)64(96)81-62/h27,29,40,45-48,50,53-58,62-63H,15-26,28,30-39,41-44H2,1-14H3,(H,80,93)(H,81,96)(H,82,97)/t46-,47-,53-,54-,55-,56-,57-,58-,62-,63-/m0/s1. The molecule has 3 saturated carbocycles. The number of nitrogens with one attached hydrogen (secondary N) is 3. The molecule has 0 bridgehead atoms. The first-order chi connectivity index (χ1) is 49.8. The van der Waals surface area contributed by atoms with Gasteiger partial charge < -0.3 is 69.7 Å². The number of benzene rings is 1. The Kier molecular flexibility index (Phi) is 30.3. The van der Waals surface area contributed by atoms with E-state index in [1.54, 1.807) is 6.92 Å². The van der Waals surface area contributed by atoms with Crippen molar-refractivity contribution in [3.8, 4) is 0 Å². The monoisotopic (exact) mass is 1510 g/mol. The molecule has 0 unspecified atom stereocenters. The zero-order chi connectivity index (χ0) is 78.6. The van der Waals surface area contributed by atoms with Crippen LogP contribution in [0.1, 0.15) is 174 Å². The maximum Gasteiger partial charge on any atom is 0.417 e. The van der Waals surface area contributed by atoms with E-state index in [4.69, 9.17) is 16.3 Å². The molecule has 27 nitrogen and oxygen atoms in total. The molecular weight excluding hydrogens is 1400 g/mol. The zero-order valence-electron chi connectivity index (χ0n) is 64.5. The van der Waals surface area contributed by atoms with Gasteiger partial charge in [0.1, 0.15) is 59.9 Å². The Morgan fingerprint density at radius 1 is 0.679 bits per heavy atom. The van der Waals surface area contributed by atoms with Crippen molar-refractivity contribution >= 4 is 88.4 Å². The van der Waals surface area contributed by atoms with E-state index in [0.29, 0.717) is 44.9 Å². The number of fused-ring (bicyclic) bond motifs is 1. The van der Waals surface area contributed by atoms with Crippen molar-refractivity contribution in [3.05, 3.63) is 34.3 Å². The molecule has 592 valence electrons. The van der Waals surface area contributed by atoms with Crippen molar-refractivity contribution < 1.29 is 80.2 Å². The number of carbonyl (C=O) groups excluding carboxylic acids is 13. The number of carbonyl (C=O) groups is 13. The van der Waals surface area contributed by atoms with E-state index in [2.05, 4.69) is 16.0 Å². The highest BCUT2D eigenvalue weighted by molar-refractivity contribution is 6.31. The lowest BCUT2D eigenvalue weighted by Crippen LogP contribution is -2.65. The molecule has 1 aromatic carbocycles. The third-order valence-electron chi connectivity index (χ3n) is 23.2. The Bertz CT molecular complexity index is 3360. The predicted octanol–water partition coefficient (Wildman–Crippen LogP) is 4.72. The fourth-order valence-electron chi connectivity index (χ4n) is 16.0. The lowest BCUT2D eigenvalue weighted by molar-refractivity contribution is -0.160. The summed E-state index contributed by atoms with van der Waals surface area (Å²) >= 11 is 6.20. The maximum atomic E-state index is 15.8. The van der Waals surface area contributed by atoms with Gasteiger partial charge in [0.2, 0.25) is 76.8 Å². The van der Waals surface area contributed by atoms with Crippen LogP contribution >= 0.6 is 11.6 Å². The van der Waals surface area contributed by atoms with Gasteiger partial charge in [0.15, 0.2) is 0 Å². The van der Waals surface area contributed by atoms with Crippen LogP contribution in [0, 0.1) is 23.7 Å². The Hall–Kier alpha value is -7.63. The highest BCUT2D eigenvalue weighted by Gasteiger charge is 2.52. The molecule has 0 radical (unpaired) electrons. The molecule has 106 heavy (non-hydrogen) atoms. The molecule has 6 aliphatic rings. The minimum atomic E-state index is -4.81. The highest BCUT2D eigenvalue weighted by atomic mass is 35.5. The van der Waals surface area contributed by atoms with Gasteiger partial charge in [0, 0.05) is 83.1 Å². The predicted molar refractivity (Wildman–Crippen MR) is 388 cm³/mol. The first-order valence-electron chi connectivity index (χ1n) is 37.8. The molecule has 3 N–H and O–H groups in total. The first kappa shape index (κ1) is 85.6. The van der Waals surface area contributed by atoms with Gasteiger partial charge in [-0.2, -0.15) is 13.2 Å². The summed E-state index contributed by atoms with van der Waals surface area (Å²) in [4.78, 5) is 208. The van der Waals surface area contributed by atoms with Crippen molar-refractivity contribution in [2.24, 2.45) is 23.7 Å². The number of amides is 13. The van der Waals surface area contributed by atoms with E-state index in [9.17, 15) is 51.5 Å². The van der Waals surface area contributed by atoms with Crippen LogP contribution in [0.5, 0.6) is 0 Å². The molecule has 6 fully saturated rings. The van der Waals surface area contributed by atoms with Gasteiger partial charge in [-0.3, -0.25) is 62.3 Å². The zero-order valence-corrected chi connectivity index (χ0v) is 65.3.